The van der Waals surface area contributed by atoms with Gasteiger partial charge in [-0.05, 0) is 48.2 Å². The molecule has 0 unspecified atom stereocenters. The first-order valence-corrected chi connectivity index (χ1v) is 10.8. The van der Waals surface area contributed by atoms with Gasteiger partial charge in [-0.1, -0.05) is 30.8 Å². The number of alkyl halides is 2. The number of aromatic nitrogens is 2. The number of nitrogens with zero attached hydrogens (tertiary/aromatic N) is 3. The number of nitrogens with one attached hydrogen (secondary N) is 1. The van der Waals surface area contributed by atoms with Crippen molar-refractivity contribution >= 4 is 23.1 Å². The molecule has 7 nitrogen and oxygen atoms in total. The lowest BCUT2D eigenvalue weighted by atomic mass is 10.0. The van der Waals surface area contributed by atoms with E-state index in [1.807, 2.05) is 12.1 Å². The van der Waals surface area contributed by atoms with Crippen LogP contribution >= 0.6 is 0 Å². The van der Waals surface area contributed by atoms with Crippen LogP contribution in [0.15, 0.2) is 67.5 Å². The van der Waals surface area contributed by atoms with E-state index in [2.05, 4.69) is 26.6 Å². The van der Waals surface area contributed by atoms with E-state index >= 15 is 0 Å². The van der Waals surface area contributed by atoms with Gasteiger partial charge >= 0.3 is 6.61 Å². The fourth-order valence-corrected chi connectivity index (χ4v) is 3.64. The van der Waals surface area contributed by atoms with Gasteiger partial charge in [0.15, 0.2) is 0 Å². The second-order valence-electron chi connectivity index (χ2n) is 7.90. The highest BCUT2D eigenvalue weighted by Gasteiger charge is 2.23. The smallest absolute Gasteiger partial charge is 0.387 e. The zero-order valence-corrected chi connectivity index (χ0v) is 18.3. The number of benzene rings is 2. The minimum Gasteiger partial charge on any atom is -0.435 e. The number of halogens is 2. The normalized spacial score (nSPS) is 14.2. The Morgan fingerprint density at radius 3 is 2.24 bits per heavy atom. The van der Waals surface area contributed by atoms with Crippen LogP contribution in [0.25, 0.3) is 16.7 Å². The van der Waals surface area contributed by atoms with Crippen molar-refractivity contribution < 1.29 is 23.4 Å². The van der Waals surface area contributed by atoms with Crippen molar-refractivity contribution in [3.05, 3.63) is 73.1 Å². The molecular formula is C25H24F2N4O3. The molecule has 1 amide bonds. The van der Waals surface area contributed by atoms with Crippen LogP contribution in [0, 0.1) is 0 Å². The lowest BCUT2D eigenvalue weighted by Gasteiger charge is -2.30. The average molecular weight is 466 g/mol. The van der Waals surface area contributed by atoms with Crippen molar-refractivity contribution in [2.24, 2.45) is 0 Å². The molecule has 4 rings (SSSR count). The van der Waals surface area contributed by atoms with Gasteiger partial charge in [0.2, 0.25) is 5.95 Å². The summed E-state index contributed by atoms with van der Waals surface area (Å²) in [5.41, 5.74) is 3.37. The van der Waals surface area contributed by atoms with Crippen LogP contribution in [0.4, 0.5) is 20.4 Å². The molecule has 2 heterocycles. The van der Waals surface area contributed by atoms with Crippen molar-refractivity contribution in [1.82, 2.24) is 14.9 Å². The lowest BCUT2D eigenvalue weighted by Crippen LogP contribution is -2.40. The van der Waals surface area contributed by atoms with Crippen LogP contribution in [0.2, 0.25) is 0 Å². The van der Waals surface area contributed by atoms with Gasteiger partial charge in [-0.25, -0.2) is 9.97 Å². The number of hydrogen-bond donors (Lipinski definition) is 2. The van der Waals surface area contributed by atoms with Gasteiger partial charge in [0.25, 0.3) is 5.91 Å². The standard InChI is InChI=1S/C25H24F2N4O3/c1-16(23(33)31-12-10-21(32)11-13-31)17-2-6-20(7-3-17)30-25-28-14-19(15-29-25)18-4-8-22(9-5-18)34-24(26)27/h2-9,14-15,21,24,32H,1,10-13H2,(H,28,29,30). The number of aliphatic hydroxyl groups excluding tert-OH is 1. The maximum Gasteiger partial charge on any atom is 0.387 e. The molecule has 1 aliphatic rings. The third-order valence-corrected chi connectivity index (χ3v) is 5.56. The Labute approximate surface area is 195 Å². The van der Waals surface area contributed by atoms with Crippen molar-refractivity contribution in [3.63, 3.8) is 0 Å². The Kier molecular flexibility index (Phi) is 7.12. The summed E-state index contributed by atoms with van der Waals surface area (Å²) in [4.78, 5) is 23.0. The number of piperidine rings is 1. The number of aliphatic hydroxyl groups is 1. The van der Waals surface area contributed by atoms with E-state index in [-0.39, 0.29) is 17.8 Å². The highest BCUT2D eigenvalue weighted by atomic mass is 19.3. The van der Waals surface area contributed by atoms with Gasteiger partial charge in [0, 0.05) is 42.3 Å². The fraction of sp³-hybridized carbons (Fsp3) is 0.240. The van der Waals surface area contributed by atoms with E-state index in [4.69, 9.17) is 0 Å². The summed E-state index contributed by atoms with van der Waals surface area (Å²) in [6, 6.07) is 13.5. The maximum atomic E-state index is 12.7. The molecule has 1 saturated heterocycles. The number of carbonyl (C=O) groups excluding carboxylic acids is 1. The molecule has 0 spiro atoms. The number of anilines is 2. The Balaban J connectivity index is 1.36. The summed E-state index contributed by atoms with van der Waals surface area (Å²) >= 11 is 0. The molecule has 0 bridgehead atoms. The molecule has 1 aliphatic heterocycles. The molecule has 1 aromatic heterocycles. The zero-order chi connectivity index (χ0) is 24.1. The lowest BCUT2D eigenvalue weighted by molar-refractivity contribution is -0.126. The van der Waals surface area contributed by atoms with Gasteiger partial charge in [0.05, 0.1) is 6.10 Å². The number of carbonyl (C=O) groups is 1. The van der Waals surface area contributed by atoms with E-state index in [0.717, 1.165) is 22.4 Å². The van der Waals surface area contributed by atoms with E-state index in [1.165, 1.54) is 12.1 Å². The first-order valence-electron chi connectivity index (χ1n) is 10.8. The molecule has 1 fully saturated rings. The third kappa shape index (κ3) is 5.74. The van der Waals surface area contributed by atoms with E-state index in [1.54, 1.807) is 41.6 Å². The third-order valence-electron chi connectivity index (χ3n) is 5.56. The second kappa shape index (κ2) is 10.4. The summed E-state index contributed by atoms with van der Waals surface area (Å²) in [5.74, 6) is 0.344. The van der Waals surface area contributed by atoms with Crippen molar-refractivity contribution in [2.45, 2.75) is 25.6 Å². The number of amides is 1. The van der Waals surface area contributed by atoms with Gasteiger partial charge in [-0.2, -0.15) is 8.78 Å². The van der Waals surface area contributed by atoms with Crippen LogP contribution in [-0.2, 0) is 4.79 Å². The van der Waals surface area contributed by atoms with Crippen molar-refractivity contribution in [3.8, 4) is 16.9 Å². The zero-order valence-electron chi connectivity index (χ0n) is 18.3. The summed E-state index contributed by atoms with van der Waals surface area (Å²) in [6.45, 7) is 2.14. The summed E-state index contributed by atoms with van der Waals surface area (Å²) in [7, 11) is 0. The van der Waals surface area contributed by atoms with Gasteiger partial charge in [-0.3, -0.25) is 4.79 Å². The molecule has 0 atom stereocenters. The largest absolute Gasteiger partial charge is 0.435 e. The topological polar surface area (TPSA) is 87.6 Å². The predicted molar refractivity (Wildman–Crippen MR) is 125 cm³/mol. The molecule has 0 aliphatic carbocycles. The second-order valence-corrected chi connectivity index (χ2v) is 7.90. The van der Waals surface area contributed by atoms with E-state index in [0.29, 0.717) is 37.5 Å². The molecule has 9 heteroatoms. The molecule has 34 heavy (non-hydrogen) atoms. The fourth-order valence-electron chi connectivity index (χ4n) is 3.64. The Bertz CT molecular complexity index is 1130. The molecule has 176 valence electrons. The summed E-state index contributed by atoms with van der Waals surface area (Å²) < 4.78 is 28.9. The van der Waals surface area contributed by atoms with Crippen LogP contribution in [0.1, 0.15) is 18.4 Å². The van der Waals surface area contributed by atoms with Crippen LogP contribution in [-0.4, -0.2) is 51.7 Å². The predicted octanol–water partition coefficient (Wildman–Crippen LogP) is 4.49. The summed E-state index contributed by atoms with van der Waals surface area (Å²) in [6.07, 6.45) is 4.08. The molecule has 0 radical (unpaired) electrons. The van der Waals surface area contributed by atoms with Crippen LogP contribution in [0.3, 0.4) is 0 Å². The van der Waals surface area contributed by atoms with Gasteiger partial charge in [-0.15, -0.1) is 0 Å². The molecule has 0 saturated carbocycles. The average Bonchev–Trinajstić information content (AvgIpc) is 2.85. The SMILES string of the molecule is C=C(C(=O)N1CCC(O)CC1)c1ccc(Nc2ncc(-c3ccc(OC(F)F)cc3)cn2)cc1. The van der Waals surface area contributed by atoms with E-state index < -0.39 is 6.61 Å². The minimum atomic E-state index is -2.86. The molecule has 3 aromatic rings. The highest BCUT2D eigenvalue weighted by molar-refractivity contribution is 6.18. The number of rotatable bonds is 7. The number of hydrogen-bond acceptors (Lipinski definition) is 6. The number of ether oxygens (including phenoxy) is 1. The Hall–Kier alpha value is -3.85. The Morgan fingerprint density at radius 2 is 1.65 bits per heavy atom. The number of likely N-dealkylation sites (tertiary alicyclic amines) is 1. The molecule has 2 N–H and O–H groups in total. The first kappa shape index (κ1) is 23.3. The van der Waals surface area contributed by atoms with Crippen LogP contribution < -0.4 is 10.1 Å². The Morgan fingerprint density at radius 1 is 1.03 bits per heavy atom. The van der Waals surface area contributed by atoms with Gasteiger partial charge in [0.1, 0.15) is 5.75 Å². The van der Waals surface area contributed by atoms with Crippen molar-refractivity contribution in [2.75, 3.05) is 18.4 Å². The molecule has 2 aromatic carbocycles. The van der Waals surface area contributed by atoms with Gasteiger partial charge < -0.3 is 20.1 Å². The van der Waals surface area contributed by atoms with Crippen LogP contribution in [0.5, 0.6) is 5.75 Å². The summed E-state index contributed by atoms with van der Waals surface area (Å²) in [5, 5.41) is 12.7. The maximum absolute atomic E-state index is 12.7. The molecular weight excluding hydrogens is 442 g/mol. The van der Waals surface area contributed by atoms with Crippen molar-refractivity contribution in [1.29, 1.82) is 0 Å². The highest BCUT2D eigenvalue weighted by Crippen LogP contribution is 2.24. The van der Waals surface area contributed by atoms with E-state index in [9.17, 15) is 18.7 Å². The monoisotopic (exact) mass is 466 g/mol. The quantitative estimate of drug-likeness (QED) is 0.499. The first-order chi connectivity index (χ1) is 16.4. The minimum absolute atomic E-state index is 0.0838.